The molecule has 1 heterocycles. The van der Waals surface area contributed by atoms with E-state index in [0.717, 1.165) is 0 Å². The molecule has 1 aliphatic heterocycles. The van der Waals surface area contributed by atoms with Crippen molar-refractivity contribution in [1.82, 2.24) is 4.48 Å². The maximum Gasteiger partial charge on any atom is 0.132 e. The number of likely N-dealkylation sites (tertiary alicyclic amines) is 1. The maximum absolute atomic E-state index is 2.34. The van der Waals surface area contributed by atoms with Gasteiger partial charge in [-0.05, 0) is 25.5 Å². The molecule has 0 unspecified atom stereocenters. The number of nitrogens with zero attached hydrogens (tertiary/aromatic N) is 1. The Labute approximate surface area is 99.7 Å². The predicted molar refractivity (Wildman–Crippen MR) is 71.7 cm³/mol. The average molecular weight is 218 g/mol. The molecule has 0 spiro atoms. The molecule has 1 aliphatic rings. The molecule has 1 fully saturated rings. The Balaban J connectivity index is 2.21. The van der Waals surface area contributed by atoms with Crippen LogP contribution in [0.1, 0.15) is 38.2 Å². The summed E-state index contributed by atoms with van der Waals surface area (Å²) < 4.78 is 1.24. The lowest BCUT2D eigenvalue weighted by Gasteiger charge is -2.34. The van der Waals surface area contributed by atoms with Crippen LogP contribution >= 0.6 is 0 Å². The first-order valence-corrected chi connectivity index (χ1v) is 6.70. The van der Waals surface area contributed by atoms with Gasteiger partial charge < -0.3 is 0 Å². The minimum absolute atomic E-state index is 1.24. The molecule has 1 nitrogen and oxygen atoms in total. The molecular weight excluding hydrogens is 194 g/mol. The van der Waals surface area contributed by atoms with E-state index in [1.807, 2.05) is 0 Å². The minimum Gasteiger partial charge on any atom is -0.291 e. The Morgan fingerprint density at radius 2 is 1.69 bits per heavy atom. The predicted octanol–water partition coefficient (Wildman–Crippen LogP) is 3.90. The van der Waals surface area contributed by atoms with Gasteiger partial charge in [0, 0.05) is 12.8 Å². The first kappa shape index (κ1) is 11.7. The summed E-state index contributed by atoms with van der Waals surface area (Å²) in [5, 5.41) is 0. The monoisotopic (exact) mass is 218 g/mol. The van der Waals surface area contributed by atoms with Crippen molar-refractivity contribution >= 4 is 5.69 Å². The molecule has 0 atom stereocenters. The molecule has 0 aliphatic carbocycles. The molecule has 1 aromatic carbocycles. The van der Waals surface area contributed by atoms with E-state index in [9.17, 15) is 0 Å². The van der Waals surface area contributed by atoms with Crippen LogP contribution in [0.4, 0.5) is 5.69 Å². The van der Waals surface area contributed by atoms with E-state index in [1.165, 1.54) is 61.1 Å². The van der Waals surface area contributed by atoms with Crippen molar-refractivity contribution in [2.75, 3.05) is 19.6 Å². The van der Waals surface area contributed by atoms with Crippen molar-refractivity contribution in [2.45, 2.75) is 39.5 Å². The highest BCUT2D eigenvalue weighted by Gasteiger charge is 2.33. The van der Waals surface area contributed by atoms with E-state index < -0.39 is 0 Å². The number of hydrogen-bond donors (Lipinski definition) is 0. The molecular formula is C15H24N+. The van der Waals surface area contributed by atoms with Crippen molar-refractivity contribution in [3.05, 3.63) is 29.8 Å². The molecule has 0 saturated carbocycles. The molecule has 1 heteroatoms. The second-order valence-electron chi connectivity index (χ2n) is 5.21. The molecule has 16 heavy (non-hydrogen) atoms. The van der Waals surface area contributed by atoms with E-state index >= 15 is 0 Å². The van der Waals surface area contributed by atoms with Crippen LogP contribution in [0.2, 0.25) is 0 Å². The van der Waals surface area contributed by atoms with Crippen molar-refractivity contribution < 1.29 is 0 Å². The Bertz CT molecular complexity index is 320. The largest absolute Gasteiger partial charge is 0.291 e. The Morgan fingerprint density at radius 1 is 1.06 bits per heavy atom. The average Bonchev–Trinajstić information content (AvgIpc) is 2.77. The second kappa shape index (κ2) is 5.01. The van der Waals surface area contributed by atoms with Gasteiger partial charge in [0.25, 0.3) is 0 Å². The molecule has 0 amide bonds. The van der Waals surface area contributed by atoms with Gasteiger partial charge in [0.05, 0.1) is 19.6 Å². The topological polar surface area (TPSA) is 0 Å². The number of quaternary nitrogens is 1. The van der Waals surface area contributed by atoms with Gasteiger partial charge in [0.15, 0.2) is 0 Å². The molecule has 0 bridgehead atoms. The maximum atomic E-state index is 2.34. The molecule has 1 aromatic rings. The minimum atomic E-state index is 1.24. The summed E-state index contributed by atoms with van der Waals surface area (Å²) in [6.45, 7) is 8.50. The molecule has 0 aromatic heterocycles. The van der Waals surface area contributed by atoms with Gasteiger partial charge >= 0.3 is 0 Å². The molecule has 0 N–H and O–H groups in total. The fourth-order valence-electron chi connectivity index (χ4n) is 2.87. The van der Waals surface area contributed by atoms with Crippen LogP contribution in [0.25, 0.3) is 0 Å². The van der Waals surface area contributed by atoms with Crippen LogP contribution in [0.15, 0.2) is 24.3 Å². The third-order valence-corrected chi connectivity index (χ3v) is 3.94. The van der Waals surface area contributed by atoms with Crippen LogP contribution in [-0.4, -0.2) is 19.6 Å². The standard InChI is InChI=1S/C15H24N/c1-3-4-11-16(12-5-6-13-16)15-9-7-14(2)8-10-15/h7-10H,3-6,11-13H2,1-2H3/q+1. The molecule has 88 valence electrons. The first-order valence-electron chi connectivity index (χ1n) is 6.70. The van der Waals surface area contributed by atoms with E-state index in [4.69, 9.17) is 0 Å². The molecule has 2 rings (SSSR count). The number of rotatable bonds is 4. The summed E-state index contributed by atoms with van der Waals surface area (Å²) in [6.07, 6.45) is 5.47. The normalized spacial score (nSPS) is 18.9. The zero-order valence-corrected chi connectivity index (χ0v) is 10.7. The van der Waals surface area contributed by atoms with E-state index in [2.05, 4.69) is 38.1 Å². The van der Waals surface area contributed by atoms with Crippen LogP contribution in [-0.2, 0) is 0 Å². The summed E-state index contributed by atoms with van der Waals surface area (Å²) in [7, 11) is 0. The first-order chi connectivity index (χ1) is 7.77. The van der Waals surface area contributed by atoms with Crippen LogP contribution in [0.5, 0.6) is 0 Å². The third-order valence-electron chi connectivity index (χ3n) is 3.94. The van der Waals surface area contributed by atoms with E-state index in [-0.39, 0.29) is 0 Å². The Kier molecular flexibility index (Phi) is 3.65. The third kappa shape index (κ3) is 2.30. The van der Waals surface area contributed by atoms with Gasteiger partial charge in [-0.3, -0.25) is 4.48 Å². The fourth-order valence-corrected chi connectivity index (χ4v) is 2.87. The number of hydrogen-bond acceptors (Lipinski definition) is 0. The van der Waals surface area contributed by atoms with Crippen molar-refractivity contribution in [2.24, 2.45) is 0 Å². The lowest BCUT2D eigenvalue weighted by molar-refractivity contribution is 0.327. The van der Waals surface area contributed by atoms with Crippen molar-refractivity contribution in [1.29, 1.82) is 0 Å². The van der Waals surface area contributed by atoms with Gasteiger partial charge in [-0.25, -0.2) is 0 Å². The van der Waals surface area contributed by atoms with Crippen LogP contribution < -0.4 is 4.48 Å². The van der Waals surface area contributed by atoms with E-state index in [1.54, 1.807) is 0 Å². The molecule has 1 saturated heterocycles. The fraction of sp³-hybridized carbons (Fsp3) is 0.600. The Morgan fingerprint density at radius 3 is 2.25 bits per heavy atom. The number of benzene rings is 1. The highest BCUT2D eigenvalue weighted by molar-refractivity contribution is 5.44. The zero-order valence-electron chi connectivity index (χ0n) is 10.7. The summed E-state index contributed by atoms with van der Waals surface area (Å²) in [6, 6.07) is 9.21. The van der Waals surface area contributed by atoms with Crippen LogP contribution in [0, 0.1) is 6.92 Å². The van der Waals surface area contributed by atoms with Gasteiger partial charge in [-0.15, -0.1) is 0 Å². The molecule has 0 radical (unpaired) electrons. The summed E-state index contributed by atoms with van der Waals surface area (Å²) in [5.41, 5.74) is 2.91. The van der Waals surface area contributed by atoms with Gasteiger partial charge in [-0.1, -0.05) is 31.0 Å². The summed E-state index contributed by atoms with van der Waals surface area (Å²) >= 11 is 0. The lowest BCUT2D eigenvalue weighted by Crippen LogP contribution is -2.47. The highest BCUT2D eigenvalue weighted by atomic mass is 15.4. The van der Waals surface area contributed by atoms with E-state index in [0.29, 0.717) is 0 Å². The number of unbranched alkanes of at least 4 members (excludes halogenated alkanes) is 1. The summed E-state index contributed by atoms with van der Waals surface area (Å²) in [4.78, 5) is 0. The quantitative estimate of drug-likeness (QED) is 0.672. The highest BCUT2D eigenvalue weighted by Crippen LogP contribution is 2.30. The lowest BCUT2D eigenvalue weighted by atomic mass is 10.1. The summed E-state index contributed by atoms with van der Waals surface area (Å²) in [5.74, 6) is 0. The Hall–Kier alpha value is -0.820. The zero-order chi connectivity index (χ0) is 11.4. The van der Waals surface area contributed by atoms with Gasteiger partial charge in [0.1, 0.15) is 5.69 Å². The number of aryl methyl sites for hydroxylation is 1. The van der Waals surface area contributed by atoms with Gasteiger partial charge in [-0.2, -0.15) is 0 Å². The van der Waals surface area contributed by atoms with Gasteiger partial charge in [0.2, 0.25) is 0 Å². The SMILES string of the molecule is CCCC[N+]1(c2ccc(C)cc2)CCCC1. The smallest absolute Gasteiger partial charge is 0.132 e. The second-order valence-corrected chi connectivity index (χ2v) is 5.21. The van der Waals surface area contributed by atoms with Crippen LogP contribution in [0.3, 0.4) is 0 Å². The van der Waals surface area contributed by atoms with Crippen molar-refractivity contribution in [3.8, 4) is 0 Å². The van der Waals surface area contributed by atoms with Crippen molar-refractivity contribution in [3.63, 3.8) is 0 Å².